The predicted octanol–water partition coefficient (Wildman–Crippen LogP) is 4.59. The predicted molar refractivity (Wildman–Crippen MR) is 86.7 cm³/mol. The van der Waals surface area contributed by atoms with Crippen LogP contribution in [0, 0.1) is 6.57 Å². The second-order valence-electron chi connectivity index (χ2n) is 5.17. The van der Waals surface area contributed by atoms with Gasteiger partial charge in [-0.25, -0.2) is 4.79 Å². The number of carbonyl (C=O) groups is 1. The fourth-order valence-electron chi connectivity index (χ4n) is 2.36. The number of hydrogen-bond donors (Lipinski definition) is 1. The minimum absolute atomic E-state index is 0.171. The highest BCUT2D eigenvalue weighted by Crippen LogP contribution is 2.34. The average Bonchev–Trinajstić information content (AvgIpc) is 3.11. The van der Waals surface area contributed by atoms with Crippen LogP contribution < -0.4 is 0 Å². The first-order valence-electron chi connectivity index (χ1n) is 6.74. The molecular weight excluding hydrogens is 298 g/mol. The third-order valence-corrected chi connectivity index (χ3v) is 4.51. The van der Waals surface area contributed by atoms with E-state index in [4.69, 9.17) is 11.7 Å². The van der Waals surface area contributed by atoms with Crippen molar-refractivity contribution in [1.82, 2.24) is 9.78 Å². The van der Waals surface area contributed by atoms with Gasteiger partial charge in [-0.2, -0.15) is 4.68 Å². The third-order valence-electron chi connectivity index (χ3n) is 3.38. The number of carboxylic acids is 1. The van der Waals surface area contributed by atoms with Crippen LogP contribution in [0.4, 0.5) is 5.82 Å². The monoisotopic (exact) mass is 311 g/mol. The van der Waals surface area contributed by atoms with Gasteiger partial charge in [-0.3, -0.25) is 0 Å². The zero-order chi connectivity index (χ0) is 15.9. The van der Waals surface area contributed by atoms with Gasteiger partial charge in [-0.05, 0) is 42.7 Å². The van der Waals surface area contributed by atoms with Crippen LogP contribution in [0.5, 0.6) is 0 Å². The zero-order valence-electron chi connectivity index (χ0n) is 12.1. The average molecular weight is 311 g/mol. The first-order valence-corrected chi connectivity index (χ1v) is 7.56. The molecule has 0 atom stereocenters. The number of hydrogen-bond acceptors (Lipinski definition) is 3. The van der Waals surface area contributed by atoms with Crippen molar-refractivity contribution < 1.29 is 9.90 Å². The van der Waals surface area contributed by atoms with Gasteiger partial charge in [0.1, 0.15) is 4.88 Å². The van der Waals surface area contributed by atoms with Crippen LogP contribution >= 0.6 is 11.3 Å². The number of carboxylic acid groups (broad SMARTS) is 1. The molecule has 2 heterocycles. The molecular formula is C16H13N3O2S. The van der Waals surface area contributed by atoms with Crippen LogP contribution in [0.25, 0.3) is 26.2 Å². The molecule has 2 aromatic heterocycles. The molecule has 22 heavy (non-hydrogen) atoms. The normalized spacial score (nSPS) is 11.0. The van der Waals surface area contributed by atoms with E-state index < -0.39 is 5.97 Å². The van der Waals surface area contributed by atoms with Gasteiger partial charge in [-0.15, -0.1) is 11.3 Å². The van der Waals surface area contributed by atoms with Gasteiger partial charge in [0.25, 0.3) is 0 Å². The first kappa shape index (κ1) is 14.3. The van der Waals surface area contributed by atoms with E-state index in [0.29, 0.717) is 10.7 Å². The molecule has 0 amide bonds. The van der Waals surface area contributed by atoms with Gasteiger partial charge in [0.05, 0.1) is 11.6 Å². The topological polar surface area (TPSA) is 59.5 Å². The third kappa shape index (κ3) is 2.26. The summed E-state index contributed by atoms with van der Waals surface area (Å²) in [5.41, 5.74) is 1.82. The van der Waals surface area contributed by atoms with Crippen LogP contribution in [-0.4, -0.2) is 20.9 Å². The summed E-state index contributed by atoms with van der Waals surface area (Å²) in [6.45, 7) is 11.3. The molecule has 0 aliphatic heterocycles. The van der Waals surface area contributed by atoms with Crippen LogP contribution in [-0.2, 0) is 0 Å². The maximum atomic E-state index is 11.0. The van der Waals surface area contributed by atoms with Crippen LogP contribution in [0.15, 0.2) is 30.3 Å². The minimum atomic E-state index is -0.924. The van der Waals surface area contributed by atoms with Crippen LogP contribution in [0.3, 0.4) is 0 Å². The summed E-state index contributed by atoms with van der Waals surface area (Å²) in [4.78, 5) is 15.7. The van der Waals surface area contributed by atoms with Crippen molar-refractivity contribution in [2.24, 2.45) is 0 Å². The zero-order valence-corrected chi connectivity index (χ0v) is 12.9. The number of thiophene rings is 1. The Hall–Kier alpha value is -2.65. The van der Waals surface area contributed by atoms with Crippen molar-refractivity contribution in [1.29, 1.82) is 0 Å². The second-order valence-corrected chi connectivity index (χ2v) is 6.26. The summed E-state index contributed by atoms with van der Waals surface area (Å²) in [7, 11) is 0. The van der Waals surface area contributed by atoms with Gasteiger partial charge >= 0.3 is 11.8 Å². The smallest absolute Gasteiger partial charge is 0.345 e. The number of benzene rings is 1. The van der Waals surface area contributed by atoms with Crippen molar-refractivity contribution >= 4 is 34.0 Å². The SMILES string of the molecule is [C-]#[N+]c1nn(C(C)C)c2ccc(-c3ccc(C(=O)O)s3)cc12. The Balaban J connectivity index is 2.17. The van der Waals surface area contributed by atoms with Crippen LogP contribution in [0.2, 0.25) is 0 Å². The van der Waals surface area contributed by atoms with Crippen molar-refractivity contribution in [3.8, 4) is 10.4 Å². The summed E-state index contributed by atoms with van der Waals surface area (Å²) >= 11 is 1.22. The van der Waals surface area contributed by atoms with Gasteiger partial charge in [0.2, 0.25) is 0 Å². The molecule has 1 N–H and O–H groups in total. The van der Waals surface area contributed by atoms with E-state index in [1.165, 1.54) is 11.3 Å². The fraction of sp³-hybridized carbons (Fsp3) is 0.188. The number of nitrogens with zero attached hydrogens (tertiary/aromatic N) is 3. The molecule has 0 saturated heterocycles. The number of aromatic carboxylic acids is 1. The Morgan fingerprint density at radius 1 is 1.36 bits per heavy atom. The van der Waals surface area contributed by atoms with Gasteiger partial charge in [0, 0.05) is 10.3 Å². The molecule has 0 aliphatic carbocycles. The maximum Gasteiger partial charge on any atom is 0.345 e. The molecule has 1 aromatic carbocycles. The van der Waals surface area contributed by atoms with Gasteiger partial charge < -0.3 is 9.95 Å². The van der Waals surface area contributed by atoms with E-state index in [9.17, 15) is 4.79 Å². The van der Waals surface area contributed by atoms with E-state index in [1.807, 2.05) is 36.7 Å². The Morgan fingerprint density at radius 3 is 2.73 bits per heavy atom. The molecule has 0 bridgehead atoms. The van der Waals surface area contributed by atoms with Gasteiger partial charge in [-0.1, -0.05) is 18.7 Å². The molecule has 110 valence electrons. The number of fused-ring (bicyclic) bond motifs is 1. The lowest BCUT2D eigenvalue weighted by atomic mass is 10.1. The summed E-state index contributed by atoms with van der Waals surface area (Å²) in [5.74, 6) is -0.549. The van der Waals surface area contributed by atoms with Crippen molar-refractivity contribution in [3.05, 3.63) is 46.6 Å². The Bertz CT molecular complexity index is 915. The molecule has 0 saturated carbocycles. The number of aromatic nitrogens is 2. The minimum Gasteiger partial charge on any atom is -0.477 e. The lowest BCUT2D eigenvalue weighted by Gasteiger charge is -2.04. The van der Waals surface area contributed by atoms with E-state index in [2.05, 4.69) is 9.94 Å². The molecule has 0 spiro atoms. The van der Waals surface area contributed by atoms with E-state index >= 15 is 0 Å². The van der Waals surface area contributed by atoms with E-state index in [-0.39, 0.29) is 6.04 Å². The highest BCUT2D eigenvalue weighted by Gasteiger charge is 2.16. The standard InChI is InChI=1S/C16H13N3O2S/c1-9(2)19-12-5-4-10(8-11(12)15(17-3)18-19)13-6-7-14(22-13)16(20)21/h4-9H,1-2H3,(H,20,21). The Morgan fingerprint density at radius 2 is 2.14 bits per heavy atom. The molecule has 3 rings (SSSR count). The quantitative estimate of drug-likeness (QED) is 0.719. The Kier molecular flexibility index (Phi) is 3.43. The van der Waals surface area contributed by atoms with Crippen molar-refractivity contribution in [2.45, 2.75) is 19.9 Å². The largest absolute Gasteiger partial charge is 0.477 e. The van der Waals surface area contributed by atoms with E-state index in [1.54, 1.807) is 12.1 Å². The summed E-state index contributed by atoms with van der Waals surface area (Å²) < 4.78 is 1.84. The second kappa shape index (κ2) is 5.28. The molecule has 0 aliphatic rings. The molecule has 0 fully saturated rings. The summed E-state index contributed by atoms with van der Waals surface area (Å²) in [6.07, 6.45) is 0. The van der Waals surface area contributed by atoms with Gasteiger partial charge in [0.15, 0.2) is 0 Å². The molecule has 0 unspecified atom stereocenters. The fourth-order valence-corrected chi connectivity index (χ4v) is 3.20. The maximum absolute atomic E-state index is 11.0. The van der Waals surface area contributed by atoms with E-state index in [0.717, 1.165) is 21.3 Å². The van der Waals surface area contributed by atoms with Crippen LogP contribution in [0.1, 0.15) is 29.6 Å². The highest BCUT2D eigenvalue weighted by atomic mass is 32.1. The highest BCUT2D eigenvalue weighted by molar-refractivity contribution is 7.17. The lowest BCUT2D eigenvalue weighted by Crippen LogP contribution is -2.01. The number of rotatable bonds is 3. The summed E-state index contributed by atoms with van der Waals surface area (Å²) in [5, 5.41) is 14.2. The lowest BCUT2D eigenvalue weighted by molar-refractivity contribution is 0.0702. The molecule has 5 nitrogen and oxygen atoms in total. The Labute approximate surface area is 131 Å². The van der Waals surface area contributed by atoms with Crippen molar-refractivity contribution in [3.63, 3.8) is 0 Å². The summed E-state index contributed by atoms with van der Waals surface area (Å²) in [6, 6.07) is 9.34. The van der Waals surface area contributed by atoms with Crippen molar-refractivity contribution in [2.75, 3.05) is 0 Å². The molecule has 6 heteroatoms. The molecule has 0 radical (unpaired) electrons. The molecule has 3 aromatic rings. The first-order chi connectivity index (χ1) is 10.5.